The van der Waals surface area contributed by atoms with Crippen molar-refractivity contribution in [3.05, 3.63) is 48.5 Å². The van der Waals surface area contributed by atoms with Crippen molar-refractivity contribution in [2.45, 2.75) is 19.1 Å². The molecule has 1 aromatic heterocycles. The topological polar surface area (TPSA) is 41.9 Å². The highest BCUT2D eigenvalue weighted by Crippen LogP contribution is 2.30. The Hall–Kier alpha value is -2.09. The number of rotatable bonds is 5. The molecule has 0 aliphatic heterocycles. The van der Waals surface area contributed by atoms with Crippen LogP contribution in [0.3, 0.4) is 0 Å². The zero-order valence-corrected chi connectivity index (χ0v) is 12.4. The number of thiocarbonyl (C=S) groups is 1. The van der Waals surface area contributed by atoms with Gasteiger partial charge in [-0.25, -0.2) is 4.98 Å². The predicted molar refractivity (Wildman–Crippen MR) is 82.5 cm³/mol. The summed E-state index contributed by atoms with van der Waals surface area (Å²) in [5, 5.41) is 6.00. The summed E-state index contributed by atoms with van der Waals surface area (Å²) in [5.74, 6) is 0. The van der Waals surface area contributed by atoms with E-state index in [0.717, 1.165) is 25.1 Å². The molecular formula is C14H15F3N4S. The van der Waals surface area contributed by atoms with E-state index in [2.05, 4.69) is 15.6 Å². The van der Waals surface area contributed by atoms with Crippen molar-refractivity contribution in [3.8, 4) is 0 Å². The Balaban J connectivity index is 1.77. The molecule has 2 rings (SSSR count). The van der Waals surface area contributed by atoms with E-state index in [1.807, 2.05) is 10.8 Å². The third-order valence-electron chi connectivity index (χ3n) is 2.89. The van der Waals surface area contributed by atoms with Crippen LogP contribution in [0.15, 0.2) is 43.0 Å². The second-order valence-electron chi connectivity index (χ2n) is 4.61. The first kappa shape index (κ1) is 16.3. The van der Waals surface area contributed by atoms with Crippen LogP contribution in [0.1, 0.15) is 12.0 Å². The maximum Gasteiger partial charge on any atom is 0.416 e. The molecule has 0 saturated heterocycles. The summed E-state index contributed by atoms with van der Waals surface area (Å²) >= 11 is 5.06. The van der Waals surface area contributed by atoms with Gasteiger partial charge in [0.25, 0.3) is 0 Å². The lowest BCUT2D eigenvalue weighted by molar-refractivity contribution is -0.137. The number of nitrogens with zero attached hydrogens (tertiary/aromatic N) is 2. The molecule has 0 spiro atoms. The number of halogens is 3. The second-order valence-corrected chi connectivity index (χ2v) is 5.02. The molecule has 2 N–H and O–H groups in total. The van der Waals surface area contributed by atoms with E-state index in [-0.39, 0.29) is 0 Å². The number of anilines is 1. The molecule has 8 heteroatoms. The van der Waals surface area contributed by atoms with Crippen molar-refractivity contribution in [2.75, 3.05) is 11.9 Å². The summed E-state index contributed by atoms with van der Waals surface area (Å²) in [5.41, 5.74) is -0.401. The third kappa shape index (κ3) is 5.03. The molecule has 0 saturated carbocycles. The zero-order valence-electron chi connectivity index (χ0n) is 11.6. The smallest absolute Gasteiger partial charge is 0.362 e. The molecule has 0 radical (unpaired) electrons. The first-order valence-electron chi connectivity index (χ1n) is 6.63. The van der Waals surface area contributed by atoms with Crippen LogP contribution in [0.5, 0.6) is 0 Å². The number of hydrogen-bond donors (Lipinski definition) is 2. The van der Waals surface area contributed by atoms with Gasteiger partial charge in [-0.05, 0) is 36.8 Å². The monoisotopic (exact) mass is 328 g/mol. The van der Waals surface area contributed by atoms with Gasteiger partial charge >= 0.3 is 6.18 Å². The van der Waals surface area contributed by atoms with E-state index in [0.29, 0.717) is 17.3 Å². The third-order valence-corrected chi connectivity index (χ3v) is 3.13. The van der Waals surface area contributed by atoms with Crippen LogP contribution in [-0.4, -0.2) is 21.2 Å². The van der Waals surface area contributed by atoms with Gasteiger partial charge in [0.2, 0.25) is 0 Å². The van der Waals surface area contributed by atoms with Crippen LogP contribution in [0.25, 0.3) is 0 Å². The van der Waals surface area contributed by atoms with Crippen LogP contribution in [0.2, 0.25) is 0 Å². The molecule has 0 atom stereocenters. The minimum Gasteiger partial charge on any atom is -0.362 e. The number of aromatic nitrogens is 2. The van der Waals surface area contributed by atoms with Gasteiger partial charge in [0, 0.05) is 31.2 Å². The number of hydrogen-bond acceptors (Lipinski definition) is 2. The first-order valence-corrected chi connectivity index (χ1v) is 7.04. The molecule has 1 aromatic carbocycles. The van der Waals surface area contributed by atoms with Gasteiger partial charge in [-0.2, -0.15) is 13.2 Å². The van der Waals surface area contributed by atoms with E-state index in [1.54, 1.807) is 12.5 Å². The predicted octanol–water partition coefficient (Wildman–Crippen LogP) is 3.28. The Morgan fingerprint density at radius 2 is 2.14 bits per heavy atom. The summed E-state index contributed by atoms with van der Waals surface area (Å²) in [6.45, 7) is 1.40. The lowest BCUT2D eigenvalue weighted by atomic mass is 10.2. The van der Waals surface area contributed by atoms with Gasteiger partial charge in [0.1, 0.15) is 0 Å². The van der Waals surface area contributed by atoms with Crippen LogP contribution >= 0.6 is 12.2 Å². The van der Waals surface area contributed by atoms with Crippen LogP contribution in [0, 0.1) is 0 Å². The highest BCUT2D eigenvalue weighted by molar-refractivity contribution is 7.80. The minimum absolute atomic E-state index is 0.296. The molecule has 0 aliphatic carbocycles. The van der Waals surface area contributed by atoms with E-state index >= 15 is 0 Å². The number of imidazole rings is 1. The quantitative estimate of drug-likeness (QED) is 0.653. The maximum absolute atomic E-state index is 12.6. The number of nitrogens with one attached hydrogen (secondary N) is 2. The molecule has 1 heterocycles. The Kier molecular flexibility index (Phi) is 5.37. The van der Waals surface area contributed by atoms with Crippen molar-refractivity contribution >= 4 is 23.0 Å². The maximum atomic E-state index is 12.6. The largest absolute Gasteiger partial charge is 0.416 e. The molecule has 0 fully saturated rings. The summed E-state index contributed by atoms with van der Waals surface area (Å²) in [4.78, 5) is 3.93. The van der Waals surface area contributed by atoms with Crippen LogP contribution in [-0.2, 0) is 12.7 Å². The molecule has 0 amide bonds. The highest BCUT2D eigenvalue weighted by Gasteiger charge is 2.30. The van der Waals surface area contributed by atoms with Gasteiger partial charge in [-0.15, -0.1) is 0 Å². The normalized spacial score (nSPS) is 11.2. The van der Waals surface area contributed by atoms with Crippen molar-refractivity contribution in [1.29, 1.82) is 0 Å². The molecule has 4 nitrogen and oxygen atoms in total. The van der Waals surface area contributed by atoms with Crippen molar-refractivity contribution < 1.29 is 13.2 Å². The van der Waals surface area contributed by atoms with Crippen LogP contribution < -0.4 is 10.6 Å². The van der Waals surface area contributed by atoms with E-state index in [4.69, 9.17) is 12.2 Å². The first-order chi connectivity index (χ1) is 10.4. The highest BCUT2D eigenvalue weighted by atomic mass is 32.1. The molecule has 0 bridgehead atoms. The summed E-state index contributed by atoms with van der Waals surface area (Å²) in [6, 6.07) is 4.92. The molecule has 0 unspecified atom stereocenters. The molecule has 2 aromatic rings. The molecule has 0 aliphatic rings. The summed E-state index contributed by atoms with van der Waals surface area (Å²) in [7, 11) is 0. The fourth-order valence-electron chi connectivity index (χ4n) is 1.83. The lowest BCUT2D eigenvalue weighted by Crippen LogP contribution is -2.29. The summed E-state index contributed by atoms with van der Waals surface area (Å²) < 4.78 is 39.7. The minimum atomic E-state index is -4.36. The zero-order chi connectivity index (χ0) is 16.0. The Labute approximate surface area is 131 Å². The number of aryl methyl sites for hydroxylation is 1. The Morgan fingerprint density at radius 1 is 1.32 bits per heavy atom. The average Bonchev–Trinajstić information content (AvgIpc) is 2.96. The SMILES string of the molecule is FC(F)(F)c1cccc(NC(=S)NCCCn2ccnc2)c1. The van der Waals surface area contributed by atoms with E-state index in [9.17, 15) is 13.2 Å². The van der Waals surface area contributed by atoms with Gasteiger partial charge < -0.3 is 15.2 Å². The van der Waals surface area contributed by atoms with Gasteiger partial charge in [-0.3, -0.25) is 0 Å². The van der Waals surface area contributed by atoms with Gasteiger partial charge in [-0.1, -0.05) is 6.07 Å². The van der Waals surface area contributed by atoms with E-state index < -0.39 is 11.7 Å². The fraction of sp³-hybridized carbons (Fsp3) is 0.286. The molecule has 22 heavy (non-hydrogen) atoms. The Morgan fingerprint density at radius 3 is 2.82 bits per heavy atom. The Bertz CT molecular complexity index is 611. The van der Waals surface area contributed by atoms with Crippen molar-refractivity contribution in [1.82, 2.24) is 14.9 Å². The average molecular weight is 328 g/mol. The standard InChI is InChI=1S/C14H15F3N4S/c15-14(16,17)11-3-1-4-12(9-11)20-13(22)19-5-2-7-21-8-6-18-10-21/h1,3-4,6,8-10H,2,5,7H2,(H2,19,20,22). The van der Waals surface area contributed by atoms with Crippen LogP contribution in [0.4, 0.5) is 18.9 Å². The summed E-state index contributed by atoms with van der Waals surface area (Å²) in [6.07, 6.45) is 1.74. The van der Waals surface area contributed by atoms with E-state index in [1.165, 1.54) is 12.1 Å². The number of benzene rings is 1. The molecule has 118 valence electrons. The van der Waals surface area contributed by atoms with Crippen molar-refractivity contribution in [3.63, 3.8) is 0 Å². The fourth-order valence-corrected chi connectivity index (χ4v) is 2.05. The van der Waals surface area contributed by atoms with Gasteiger partial charge in [0.15, 0.2) is 5.11 Å². The van der Waals surface area contributed by atoms with Gasteiger partial charge in [0.05, 0.1) is 11.9 Å². The lowest BCUT2D eigenvalue weighted by Gasteiger charge is -2.12. The molecular weight excluding hydrogens is 313 g/mol. The van der Waals surface area contributed by atoms with Crippen molar-refractivity contribution in [2.24, 2.45) is 0 Å². The second kappa shape index (κ2) is 7.26. The number of alkyl halides is 3.